The van der Waals surface area contributed by atoms with Crippen molar-refractivity contribution < 1.29 is 12.6 Å². The van der Waals surface area contributed by atoms with Crippen LogP contribution in [0.3, 0.4) is 0 Å². The third kappa shape index (κ3) is 3.44. The van der Waals surface area contributed by atoms with Gasteiger partial charge in [-0.05, 0) is 35.5 Å². The lowest BCUT2D eigenvalue weighted by atomic mass is 9.98. The normalized spacial score (nSPS) is 16.5. The van der Waals surface area contributed by atoms with E-state index in [9.17, 15) is 12.6 Å². The molecule has 13 heteroatoms. The van der Waals surface area contributed by atoms with Gasteiger partial charge < -0.3 is 4.90 Å². The topological polar surface area (TPSA) is 164 Å². The number of nitrogens with zero attached hydrogens (tertiary/aromatic N) is 5. The summed E-state index contributed by atoms with van der Waals surface area (Å²) < 4.78 is 38.7. The second-order valence-electron chi connectivity index (χ2n) is 7.41. The van der Waals surface area contributed by atoms with Gasteiger partial charge in [0.05, 0.1) is 38.2 Å². The standard InChI is InChI=1S/C18H18N8O3S2/c1-26-8-12(9-26)30(27)15-5-4-13(10-2-3-11-7-20-21-14(11)6-10)16(17(15)31(19,28)29)18-22-24-25-23-18/h2-7,12H,8-9H2,1H3,(H,20,21)(H2,19,28,29)(H,22,23,24,25). The third-order valence-electron chi connectivity index (χ3n) is 5.28. The molecule has 4 aromatic rings. The highest BCUT2D eigenvalue weighted by molar-refractivity contribution is 7.91. The highest BCUT2D eigenvalue weighted by atomic mass is 32.2. The Morgan fingerprint density at radius 3 is 2.71 bits per heavy atom. The minimum atomic E-state index is -4.28. The molecule has 31 heavy (non-hydrogen) atoms. The number of tetrazole rings is 1. The van der Waals surface area contributed by atoms with Crippen molar-refractivity contribution in [2.45, 2.75) is 15.0 Å². The van der Waals surface area contributed by atoms with E-state index in [1.165, 1.54) is 0 Å². The Labute approximate surface area is 179 Å². The molecule has 2 aromatic heterocycles. The van der Waals surface area contributed by atoms with Crippen molar-refractivity contribution >= 4 is 31.7 Å². The van der Waals surface area contributed by atoms with Crippen LogP contribution in [0.4, 0.5) is 0 Å². The number of aromatic amines is 2. The molecule has 0 aliphatic carbocycles. The van der Waals surface area contributed by atoms with E-state index in [1.807, 2.05) is 30.1 Å². The zero-order valence-electron chi connectivity index (χ0n) is 16.3. The summed E-state index contributed by atoms with van der Waals surface area (Å²) in [6.07, 6.45) is 1.69. The number of hydrogen-bond donors (Lipinski definition) is 3. The summed E-state index contributed by atoms with van der Waals surface area (Å²) in [6, 6.07) is 8.81. The van der Waals surface area contributed by atoms with E-state index >= 15 is 0 Å². The third-order valence-corrected chi connectivity index (χ3v) is 8.08. The molecule has 1 aliphatic heterocycles. The molecule has 1 unspecified atom stereocenters. The van der Waals surface area contributed by atoms with Crippen molar-refractivity contribution in [3.05, 3.63) is 36.5 Å². The van der Waals surface area contributed by atoms with Gasteiger partial charge in [-0.1, -0.05) is 18.2 Å². The Morgan fingerprint density at radius 1 is 1.23 bits per heavy atom. The number of H-pyrrole nitrogens is 2. The lowest BCUT2D eigenvalue weighted by molar-refractivity contribution is 0.236. The summed E-state index contributed by atoms with van der Waals surface area (Å²) in [5.74, 6) is 0.0494. The maximum absolute atomic E-state index is 13.2. The van der Waals surface area contributed by atoms with Crippen LogP contribution in [0, 0.1) is 0 Å². The van der Waals surface area contributed by atoms with Crippen molar-refractivity contribution in [1.29, 1.82) is 0 Å². The minimum Gasteiger partial charge on any atom is -0.304 e. The number of benzene rings is 2. The summed E-state index contributed by atoms with van der Waals surface area (Å²) in [7, 11) is -3.94. The first kappa shape index (κ1) is 19.9. The van der Waals surface area contributed by atoms with Crippen molar-refractivity contribution in [1.82, 2.24) is 35.7 Å². The molecule has 3 heterocycles. The van der Waals surface area contributed by atoms with Gasteiger partial charge in [0.1, 0.15) is 4.90 Å². The van der Waals surface area contributed by atoms with Crippen LogP contribution < -0.4 is 5.14 Å². The Bertz CT molecular complexity index is 1410. The molecule has 11 nitrogen and oxygen atoms in total. The molecule has 1 saturated heterocycles. The average molecular weight is 459 g/mol. The van der Waals surface area contributed by atoms with Gasteiger partial charge in [-0.3, -0.25) is 9.31 Å². The summed E-state index contributed by atoms with van der Waals surface area (Å²) >= 11 is 0. The van der Waals surface area contributed by atoms with Gasteiger partial charge >= 0.3 is 0 Å². The number of nitrogens with one attached hydrogen (secondary N) is 2. The lowest BCUT2D eigenvalue weighted by Crippen LogP contribution is -2.50. The number of aromatic nitrogens is 6. The zero-order chi connectivity index (χ0) is 21.8. The second kappa shape index (κ2) is 7.30. The van der Waals surface area contributed by atoms with Gasteiger partial charge in [0, 0.05) is 18.5 Å². The first-order chi connectivity index (χ1) is 14.8. The highest BCUT2D eigenvalue weighted by Gasteiger charge is 2.35. The van der Waals surface area contributed by atoms with Crippen molar-refractivity contribution in [3.63, 3.8) is 0 Å². The molecule has 1 fully saturated rings. The van der Waals surface area contributed by atoms with Crippen LogP contribution >= 0.6 is 0 Å². The van der Waals surface area contributed by atoms with E-state index in [4.69, 9.17) is 5.14 Å². The fourth-order valence-electron chi connectivity index (χ4n) is 3.80. The van der Waals surface area contributed by atoms with Crippen LogP contribution in [0.2, 0.25) is 0 Å². The predicted molar refractivity (Wildman–Crippen MR) is 114 cm³/mol. The zero-order valence-corrected chi connectivity index (χ0v) is 17.9. The molecule has 0 bridgehead atoms. The maximum Gasteiger partial charge on any atom is 0.240 e. The molecule has 160 valence electrons. The van der Waals surface area contributed by atoms with Crippen LogP contribution in [-0.4, -0.2) is 73.7 Å². The second-order valence-corrected chi connectivity index (χ2v) is 10.6. The largest absolute Gasteiger partial charge is 0.304 e. The number of primary sulfonamides is 1. The summed E-state index contributed by atoms with van der Waals surface area (Å²) in [5.41, 5.74) is 2.16. The Hall–Kier alpha value is -3.00. The number of sulfonamides is 1. The first-order valence-electron chi connectivity index (χ1n) is 9.29. The molecule has 0 saturated carbocycles. The Kier molecular flexibility index (Phi) is 4.69. The van der Waals surface area contributed by atoms with Crippen LogP contribution in [0.25, 0.3) is 33.4 Å². The van der Waals surface area contributed by atoms with Crippen LogP contribution in [0.1, 0.15) is 0 Å². The summed E-state index contributed by atoms with van der Waals surface area (Å²) in [6.45, 7) is 1.21. The molecule has 2 aromatic carbocycles. The number of likely N-dealkylation sites (tertiary alicyclic amines) is 1. The van der Waals surface area contributed by atoms with Crippen LogP contribution in [0.5, 0.6) is 0 Å². The molecule has 1 atom stereocenters. The highest BCUT2D eigenvalue weighted by Crippen LogP contribution is 2.39. The molecule has 0 radical (unpaired) electrons. The Morgan fingerprint density at radius 2 is 2.03 bits per heavy atom. The SMILES string of the molecule is CN1CC(S(=O)c2ccc(-c3ccc4cn[nH]c4c3)c(-c3nn[nH]n3)c2S(N)(=O)=O)C1. The molecule has 1 aliphatic rings. The van der Waals surface area contributed by atoms with E-state index < -0.39 is 20.8 Å². The summed E-state index contributed by atoms with van der Waals surface area (Å²) in [4.78, 5) is 1.91. The number of nitrogens with two attached hydrogens (primary N) is 1. The number of rotatable bonds is 5. The maximum atomic E-state index is 13.2. The van der Waals surface area contributed by atoms with E-state index in [-0.39, 0.29) is 26.4 Å². The van der Waals surface area contributed by atoms with Gasteiger partial charge in [-0.2, -0.15) is 10.3 Å². The van der Waals surface area contributed by atoms with Crippen LogP contribution in [-0.2, 0) is 20.8 Å². The smallest absolute Gasteiger partial charge is 0.240 e. The van der Waals surface area contributed by atoms with E-state index in [2.05, 4.69) is 30.8 Å². The van der Waals surface area contributed by atoms with Crippen molar-refractivity contribution in [3.8, 4) is 22.5 Å². The minimum absolute atomic E-state index is 0.0494. The molecular weight excluding hydrogens is 440 g/mol. The van der Waals surface area contributed by atoms with Gasteiger partial charge in [-0.25, -0.2) is 13.6 Å². The monoisotopic (exact) mass is 458 g/mol. The fourth-order valence-corrected chi connectivity index (χ4v) is 6.85. The molecule has 0 spiro atoms. The molecule has 5 rings (SSSR count). The van der Waals surface area contributed by atoms with E-state index in [0.29, 0.717) is 24.2 Å². The van der Waals surface area contributed by atoms with Gasteiger partial charge in [0.2, 0.25) is 15.8 Å². The molecule has 4 N–H and O–H groups in total. The van der Waals surface area contributed by atoms with E-state index in [1.54, 1.807) is 18.3 Å². The number of fused-ring (bicyclic) bond motifs is 1. The quantitative estimate of drug-likeness (QED) is 0.389. The van der Waals surface area contributed by atoms with E-state index in [0.717, 1.165) is 10.9 Å². The predicted octanol–water partition coefficient (Wildman–Crippen LogP) is 0.479. The lowest BCUT2D eigenvalue weighted by Gasteiger charge is -2.35. The molecular formula is C18H18N8O3S2. The van der Waals surface area contributed by atoms with Gasteiger partial charge in [-0.15, -0.1) is 10.2 Å². The average Bonchev–Trinajstić information content (AvgIpc) is 3.40. The fraction of sp³-hybridized carbons (Fsp3) is 0.222. The van der Waals surface area contributed by atoms with Crippen LogP contribution in [0.15, 0.2) is 46.3 Å². The molecule has 0 amide bonds. The van der Waals surface area contributed by atoms with Gasteiger partial charge in [0.15, 0.2) is 0 Å². The first-order valence-corrected chi connectivity index (χ1v) is 12.0. The van der Waals surface area contributed by atoms with Crippen molar-refractivity contribution in [2.75, 3.05) is 20.1 Å². The Balaban J connectivity index is 1.79. The van der Waals surface area contributed by atoms with Crippen molar-refractivity contribution in [2.24, 2.45) is 5.14 Å². The summed E-state index contributed by atoms with van der Waals surface area (Å²) in [5, 5.41) is 27.2. The van der Waals surface area contributed by atoms with Gasteiger partial charge in [0.25, 0.3) is 0 Å². The number of hydrogen-bond acceptors (Lipinski definition) is 8.